The summed E-state index contributed by atoms with van der Waals surface area (Å²) in [6.45, 7) is 0.780. The minimum Gasteiger partial charge on any atom is -0.491 e. The largest absolute Gasteiger partial charge is 0.491 e. The van der Waals surface area contributed by atoms with E-state index in [0.29, 0.717) is 35.4 Å². The summed E-state index contributed by atoms with van der Waals surface area (Å²) in [5.41, 5.74) is 0.553. The average molecular weight is 221 g/mol. The molecule has 7 heteroatoms. The molecule has 1 aromatic rings. The van der Waals surface area contributed by atoms with Gasteiger partial charge in [0.25, 0.3) is 0 Å². The Kier molecular flexibility index (Phi) is 1.73. The monoisotopic (exact) mass is 221 g/mol. The number of hydrogen-bond acceptors (Lipinski definition) is 5. The highest BCUT2D eigenvalue weighted by molar-refractivity contribution is 6.04. The Morgan fingerprint density at radius 2 is 2.25 bits per heavy atom. The highest BCUT2D eigenvalue weighted by Gasteiger charge is 2.39. The first-order valence-electron chi connectivity index (χ1n) is 4.70. The topological polar surface area (TPSA) is 77.2 Å². The van der Waals surface area contributed by atoms with Crippen molar-refractivity contribution in [3.05, 3.63) is 33.9 Å². The molecule has 0 N–H and O–H groups in total. The summed E-state index contributed by atoms with van der Waals surface area (Å²) >= 11 is 0. The maximum Gasteiger partial charge on any atom is 0.249 e. The van der Waals surface area contributed by atoms with Gasteiger partial charge < -0.3 is 9.57 Å². The van der Waals surface area contributed by atoms with Gasteiger partial charge in [-0.15, -0.1) is 0 Å². The smallest absolute Gasteiger partial charge is 0.249 e. The first-order valence-corrected chi connectivity index (χ1v) is 4.70. The van der Waals surface area contributed by atoms with Crippen LogP contribution in [-0.2, 0) is 0 Å². The van der Waals surface area contributed by atoms with E-state index in [9.17, 15) is 10.1 Å². The van der Waals surface area contributed by atoms with E-state index in [1.54, 1.807) is 18.2 Å². The lowest BCUT2D eigenvalue weighted by Gasteiger charge is -2.04. The second-order valence-corrected chi connectivity index (χ2v) is 3.29. The van der Waals surface area contributed by atoms with Gasteiger partial charge in [-0.3, -0.25) is 4.99 Å². The van der Waals surface area contributed by atoms with Gasteiger partial charge >= 0.3 is 0 Å². The molecule has 0 saturated heterocycles. The van der Waals surface area contributed by atoms with Crippen LogP contribution in [0.3, 0.4) is 0 Å². The molecule has 0 radical (unpaired) electrons. The quantitative estimate of drug-likeness (QED) is 0.513. The minimum absolute atomic E-state index is 0.202. The Labute approximate surface area is 90.0 Å². The number of rotatable bonds is 1. The maximum absolute atomic E-state index is 10.8. The molecule has 0 spiro atoms. The number of benzene rings is 1. The molecule has 0 bridgehead atoms. The number of nitro groups is 1. The summed E-state index contributed by atoms with van der Waals surface area (Å²) in [5, 5.41) is 10.7. The van der Waals surface area contributed by atoms with Crippen LogP contribution in [0.25, 0.3) is 0 Å². The van der Waals surface area contributed by atoms with Crippen molar-refractivity contribution in [3.63, 3.8) is 0 Å². The molecule has 0 atom stereocenters. The van der Waals surface area contributed by atoms with Crippen molar-refractivity contribution >= 4 is 5.84 Å². The summed E-state index contributed by atoms with van der Waals surface area (Å²) in [7, 11) is 0. The Morgan fingerprint density at radius 3 is 3.06 bits per heavy atom. The molecule has 0 aromatic heterocycles. The first-order chi connectivity index (χ1) is 7.77. The Balaban J connectivity index is 2.19. The molecular formula is C9H7N3O4. The number of hydroxylamine groups is 1. The third-order valence-electron chi connectivity index (χ3n) is 2.34. The van der Waals surface area contributed by atoms with E-state index in [-0.39, 0.29) is 5.84 Å². The third kappa shape index (κ3) is 1.11. The second kappa shape index (κ2) is 3.09. The molecule has 0 aliphatic carbocycles. The number of ether oxygens (including phenoxy) is 1. The third-order valence-corrected chi connectivity index (χ3v) is 2.34. The van der Waals surface area contributed by atoms with Crippen LogP contribution in [0.1, 0.15) is 5.56 Å². The van der Waals surface area contributed by atoms with Crippen molar-refractivity contribution in [2.24, 2.45) is 4.99 Å². The summed E-state index contributed by atoms with van der Waals surface area (Å²) in [6.07, 6.45) is 0. The molecule has 3 rings (SSSR count). The number of aliphatic imine (C=N–C) groups is 1. The van der Waals surface area contributed by atoms with Gasteiger partial charge in [0.2, 0.25) is 10.9 Å². The highest BCUT2D eigenvalue weighted by atomic mass is 16.8. The molecular weight excluding hydrogens is 214 g/mol. The van der Waals surface area contributed by atoms with Gasteiger partial charge in [0.15, 0.2) is 5.75 Å². The van der Waals surface area contributed by atoms with Gasteiger partial charge in [-0.1, -0.05) is 6.07 Å². The number of hydrazine groups is 1. The first kappa shape index (κ1) is 8.96. The number of amidine groups is 1. The molecule has 0 saturated carbocycles. The molecule has 0 unspecified atom stereocenters. The molecule has 16 heavy (non-hydrogen) atoms. The molecule has 7 nitrogen and oxygen atoms in total. The number of nitrogens with zero attached hydrogens (tertiary/aromatic N) is 3. The van der Waals surface area contributed by atoms with Crippen LogP contribution in [0.2, 0.25) is 0 Å². The van der Waals surface area contributed by atoms with E-state index in [4.69, 9.17) is 9.57 Å². The highest BCUT2D eigenvalue weighted by Crippen LogP contribution is 2.36. The molecule has 82 valence electrons. The molecule has 1 aromatic carbocycles. The van der Waals surface area contributed by atoms with E-state index in [1.165, 1.54) is 0 Å². The van der Waals surface area contributed by atoms with Crippen LogP contribution in [-0.4, -0.2) is 29.2 Å². The van der Waals surface area contributed by atoms with Gasteiger partial charge in [0.1, 0.15) is 23.1 Å². The lowest BCUT2D eigenvalue weighted by atomic mass is 10.1. The molecule has 2 aliphatic rings. The lowest BCUT2D eigenvalue weighted by molar-refractivity contribution is -0.686. The van der Waals surface area contributed by atoms with Gasteiger partial charge in [-0.05, 0) is 12.1 Å². The Bertz CT molecular complexity index is 500. The van der Waals surface area contributed by atoms with E-state index in [2.05, 4.69) is 4.99 Å². The van der Waals surface area contributed by atoms with Crippen LogP contribution in [0.4, 0.5) is 0 Å². The maximum atomic E-state index is 10.8. The van der Waals surface area contributed by atoms with E-state index in [1.807, 2.05) is 0 Å². The fourth-order valence-electron chi connectivity index (χ4n) is 1.72. The molecule has 0 fully saturated rings. The van der Waals surface area contributed by atoms with Gasteiger partial charge in [-0.2, -0.15) is 0 Å². The zero-order valence-electron chi connectivity index (χ0n) is 8.12. The predicted octanol–water partition coefficient (Wildman–Crippen LogP) is 0.627. The minimum atomic E-state index is -0.645. The van der Waals surface area contributed by atoms with Crippen LogP contribution in [0.15, 0.2) is 23.2 Å². The van der Waals surface area contributed by atoms with Crippen LogP contribution in [0, 0.1) is 10.1 Å². The van der Waals surface area contributed by atoms with Gasteiger partial charge in [0, 0.05) is 0 Å². The van der Waals surface area contributed by atoms with Crippen molar-refractivity contribution in [3.8, 4) is 11.5 Å². The Hall–Kier alpha value is -2.31. The SMILES string of the molecule is O=[N+]([O-])N1Oc2cccc3c2C1=NCCO3. The average Bonchev–Trinajstić information content (AvgIpc) is 2.50. The van der Waals surface area contributed by atoms with E-state index in [0.717, 1.165) is 0 Å². The fourth-order valence-corrected chi connectivity index (χ4v) is 1.72. The van der Waals surface area contributed by atoms with Crippen molar-refractivity contribution in [1.82, 2.24) is 5.17 Å². The predicted molar refractivity (Wildman–Crippen MR) is 52.8 cm³/mol. The van der Waals surface area contributed by atoms with E-state index < -0.39 is 5.03 Å². The zero-order chi connectivity index (χ0) is 11.1. The summed E-state index contributed by atoms with van der Waals surface area (Å²) in [4.78, 5) is 19.9. The zero-order valence-corrected chi connectivity index (χ0v) is 8.12. The van der Waals surface area contributed by atoms with Crippen LogP contribution < -0.4 is 9.57 Å². The fraction of sp³-hybridized carbons (Fsp3) is 0.222. The van der Waals surface area contributed by atoms with Crippen molar-refractivity contribution < 1.29 is 14.6 Å². The Morgan fingerprint density at radius 1 is 1.44 bits per heavy atom. The molecule has 2 aliphatic heterocycles. The van der Waals surface area contributed by atoms with Gasteiger partial charge in [-0.25, -0.2) is 10.1 Å². The second-order valence-electron chi connectivity index (χ2n) is 3.29. The number of hydrogen-bond donors (Lipinski definition) is 0. The molecule has 0 amide bonds. The van der Waals surface area contributed by atoms with Crippen LogP contribution in [0.5, 0.6) is 11.5 Å². The van der Waals surface area contributed by atoms with Crippen molar-refractivity contribution in [2.75, 3.05) is 13.2 Å². The van der Waals surface area contributed by atoms with Crippen LogP contribution >= 0.6 is 0 Å². The normalized spacial score (nSPS) is 16.8. The summed E-state index contributed by atoms with van der Waals surface area (Å²) < 4.78 is 5.42. The van der Waals surface area contributed by atoms with E-state index >= 15 is 0 Å². The standard InChI is InChI=1S/C9H7N3O4/c13-12(14)11-9-8-6(15-5-4-10-9)2-1-3-7(8)16-11/h1-3H,4-5H2. The summed E-state index contributed by atoms with van der Waals surface area (Å²) in [6, 6.07) is 5.11. The van der Waals surface area contributed by atoms with Crippen molar-refractivity contribution in [2.45, 2.75) is 0 Å². The molecule has 2 heterocycles. The van der Waals surface area contributed by atoms with Gasteiger partial charge in [0.05, 0.1) is 6.54 Å². The van der Waals surface area contributed by atoms with Crippen molar-refractivity contribution in [1.29, 1.82) is 0 Å². The summed E-state index contributed by atoms with van der Waals surface area (Å²) in [5.74, 6) is 1.17. The lowest BCUT2D eigenvalue weighted by Crippen LogP contribution is -2.34.